The summed E-state index contributed by atoms with van der Waals surface area (Å²) in [5.74, 6) is -0.302. The molecule has 2 aromatic rings. The second-order valence-corrected chi connectivity index (χ2v) is 4.18. The molecule has 0 unspecified atom stereocenters. The van der Waals surface area contributed by atoms with Crippen LogP contribution in [0, 0.1) is 6.92 Å². The first-order valence-corrected chi connectivity index (χ1v) is 5.76. The van der Waals surface area contributed by atoms with Gasteiger partial charge in [0.25, 0.3) is 0 Å². The minimum Gasteiger partial charge on any atom is -0.457 e. The van der Waals surface area contributed by atoms with E-state index in [4.69, 9.17) is 4.74 Å². The number of nitrogens with zero attached hydrogens (tertiary/aromatic N) is 1. The molecule has 0 N–H and O–H groups in total. The first-order valence-electron chi connectivity index (χ1n) is 4.88. The van der Waals surface area contributed by atoms with E-state index < -0.39 is 0 Å². The van der Waals surface area contributed by atoms with E-state index in [9.17, 15) is 4.79 Å². The van der Waals surface area contributed by atoms with E-state index in [1.165, 1.54) is 11.3 Å². The maximum absolute atomic E-state index is 11.6. The number of ether oxygens (including phenoxy) is 1. The van der Waals surface area contributed by atoms with E-state index in [1.54, 1.807) is 12.4 Å². The number of hydrogen-bond acceptors (Lipinski definition) is 4. The molecule has 1 heterocycles. The summed E-state index contributed by atoms with van der Waals surface area (Å²) in [5.41, 5.74) is 3.36. The van der Waals surface area contributed by atoms with Gasteiger partial charge in [0.15, 0.2) is 0 Å². The lowest BCUT2D eigenvalue weighted by Gasteiger charge is -2.03. The Morgan fingerprint density at radius 3 is 2.75 bits per heavy atom. The fourth-order valence-corrected chi connectivity index (χ4v) is 1.98. The first kappa shape index (κ1) is 10.8. The molecule has 0 radical (unpaired) electrons. The molecule has 0 saturated heterocycles. The SMILES string of the molecule is Cc1ncsc1C(=O)OCc1ccccc1. The largest absolute Gasteiger partial charge is 0.457 e. The molecule has 82 valence electrons. The van der Waals surface area contributed by atoms with Crippen LogP contribution < -0.4 is 0 Å². The van der Waals surface area contributed by atoms with E-state index in [0.717, 1.165) is 11.3 Å². The maximum atomic E-state index is 11.6. The van der Waals surface area contributed by atoms with Crippen molar-refractivity contribution in [3.05, 3.63) is 52.0 Å². The molecule has 3 nitrogen and oxygen atoms in total. The average Bonchev–Trinajstić information content (AvgIpc) is 2.74. The molecule has 0 aliphatic heterocycles. The highest BCUT2D eigenvalue weighted by molar-refractivity contribution is 7.11. The molecular weight excluding hydrogens is 222 g/mol. The molecule has 0 aliphatic rings. The summed E-state index contributed by atoms with van der Waals surface area (Å²) in [5, 5.41) is 0. The van der Waals surface area contributed by atoms with E-state index in [0.29, 0.717) is 11.5 Å². The third-order valence-electron chi connectivity index (χ3n) is 2.14. The van der Waals surface area contributed by atoms with E-state index in [2.05, 4.69) is 4.98 Å². The molecule has 0 spiro atoms. The van der Waals surface area contributed by atoms with Crippen molar-refractivity contribution >= 4 is 17.3 Å². The third kappa shape index (κ3) is 2.46. The molecule has 1 aromatic carbocycles. The van der Waals surface area contributed by atoms with Crippen molar-refractivity contribution in [1.29, 1.82) is 0 Å². The topological polar surface area (TPSA) is 39.2 Å². The van der Waals surface area contributed by atoms with Gasteiger partial charge in [-0.25, -0.2) is 9.78 Å². The molecule has 0 atom stereocenters. The lowest BCUT2D eigenvalue weighted by Crippen LogP contribution is -2.04. The van der Waals surface area contributed by atoms with Gasteiger partial charge in [0.1, 0.15) is 11.5 Å². The number of benzene rings is 1. The Bertz CT molecular complexity index is 479. The van der Waals surface area contributed by atoms with Gasteiger partial charge in [-0.15, -0.1) is 11.3 Å². The summed E-state index contributed by atoms with van der Waals surface area (Å²) < 4.78 is 5.18. The Morgan fingerprint density at radius 2 is 2.12 bits per heavy atom. The normalized spacial score (nSPS) is 10.1. The Hall–Kier alpha value is -1.68. The number of rotatable bonds is 3. The summed E-state index contributed by atoms with van der Waals surface area (Å²) in [6.07, 6.45) is 0. The highest BCUT2D eigenvalue weighted by Gasteiger charge is 2.12. The molecule has 0 saturated carbocycles. The van der Waals surface area contributed by atoms with Gasteiger partial charge >= 0.3 is 5.97 Å². The van der Waals surface area contributed by atoms with Crippen LogP contribution in [0.15, 0.2) is 35.8 Å². The highest BCUT2D eigenvalue weighted by atomic mass is 32.1. The number of carbonyl (C=O) groups excluding carboxylic acids is 1. The van der Waals surface area contributed by atoms with Gasteiger partial charge in [-0.3, -0.25) is 0 Å². The lowest BCUT2D eigenvalue weighted by molar-refractivity contribution is 0.0477. The molecule has 0 aliphatic carbocycles. The number of thiazole rings is 1. The Labute approximate surface area is 97.7 Å². The quantitative estimate of drug-likeness (QED) is 0.765. The van der Waals surface area contributed by atoms with Gasteiger partial charge in [-0.2, -0.15) is 0 Å². The molecule has 2 rings (SSSR count). The summed E-state index contributed by atoms with van der Waals surface area (Å²) >= 11 is 1.31. The lowest BCUT2D eigenvalue weighted by atomic mass is 10.2. The van der Waals surface area contributed by atoms with E-state index in [-0.39, 0.29) is 5.97 Å². The second-order valence-electron chi connectivity index (χ2n) is 3.33. The van der Waals surface area contributed by atoms with Crippen LogP contribution in [-0.2, 0) is 11.3 Å². The summed E-state index contributed by atoms with van der Waals surface area (Å²) in [4.78, 5) is 16.2. The van der Waals surface area contributed by atoms with Crippen LogP contribution in [0.3, 0.4) is 0 Å². The zero-order chi connectivity index (χ0) is 11.4. The van der Waals surface area contributed by atoms with Crippen LogP contribution >= 0.6 is 11.3 Å². The molecule has 4 heteroatoms. The van der Waals surface area contributed by atoms with Gasteiger partial charge in [-0.05, 0) is 12.5 Å². The average molecular weight is 233 g/mol. The summed E-state index contributed by atoms with van der Waals surface area (Å²) in [6, 6.07) is 9.61. The number of aryl methyl sites for hydroxylation is 1. The van der Waals surface area contributed by atoms with Crippen molar-refractivity contribution < 1.29 is 9.53 Å². The Morgan fingerprint density at radius 1 is 1.38 bits per heavy atom. The van der Waals surface area contributed by atoms with Crippen molar-refractivity contribution in [1.82, 2.24) is 4.98 Å². The first-order chi connectivity index (χ1) is 7.77. The summed E-state index contributed by atoms with van der Waals surface area (Å²) in [7, 11) is 0. The van der Waals surface area contributed by atoms with Crippen LogP contribution in [0.2, 0.25) is 0 Å². The van der Waals surface area contributed by atoms with Gasteiger partial charge < -0.3 is 4.74 Å². The Kier molecular flexibility index (Phi) is 3.31. The third-order valence-corrected chi connectivity index (χ3v) is 3.05. The maximum Gasteiger partial charge on any atom is 0.350 e. The van der Waals surface area contributed by atoms with Crippen molar-refractivity contribution in [2.24, 2.45) is 0 Å². The van der Waals surface area contributed by atoms with Gasteiger partial charge in [-0.1, -0.05) is 30.3 Å². The molecular formula is C12H11NO2S. The second kappa shape index (κ2) is 4.90. The van der Waals surface area contributed by atoms with Gasteiger partial charge in [0, 0.05) is 0 Å². The highest BCUT2D eigenvalue weighted by Crippen LogP contribution is 2.14. The minimum atomic E-state index is -0.302. The fourth-order valence-electron chi connectivity index (χ4n) is 1.29. The zero-order valence-corrected chi connectivity index (χ0v) is 9.66. The molecule has 0 amide bonds. The van der Waals surface area contributed by atoms with Crippen LogP contribution in [0.4, 0.5) is 0 Å². The van der Waals surface area contributed by atoms with Gasteiger partial charge in [0.2, 0.25) is 0 Å². The van der Waals surface area contributed by atoms with Crippen molar-refractivity contribution in [3.8, 4) is 0 Å². The Balaban J connectivity index is 1.97. The molecule has 1 aromatic heterocycles. The number of hydrogen-bond donors (Lipinski definition) is 0. The number of esters is 1. The van der Waals surface area contributed by atoms with E-state index in [1.807, 2.05) is 30.3 Å². The monoisotopic (exact) mass is 233 g/mol. The molecule has 0 fully saturated rings. The number of carbonyl (C=O) groups is 1. The molecule has 0 bridgehead atoms. The van der Waals surface area contributed by atoms with Crippen molar-refractivity contribution in [3.63, 3.8) is 0 Å². The van der Waals surface area contributed by atoms with Gasteiger partial charge in [0.05, 0.1) is 11.2 Å². The fraction of sp³-hybridized carbons (Fsp3) is 0.167. The predicted octanol–water partition coefficient (Wildman–Crippen LogP) is 2.81. The predicted molar refractivity (Wildman–Crippen MR) is 62.4 cm³/mol. The van der Waals surface area contributed by atoms with E-state index >= 15 is 0 Å². The van der Waals surface area contributed by atoms with Crippen molar-refractivity contribution in [2.45, 2.75) is 13.5 Å². The number of aromatic nitrogens is 1. The molecule has 16 heavy (non-hydrogen) atoms. The van der Waals surface area contributed by atoms with Crippen LogP contribution in [0.25, 0.3) is 0 Å². The minimum absolute atomic E-state index is 0.302. The van der Waals surface area contributed by atoms with Crippen molar-refractivity contribution in [2.75, 3.05) is 0 Å². The standard InChI is InChI=1S/C12H11NO2S/c1-9-11(16-8-13-9)12(14)15-7-10-5-3-2-4-6-10/h2-6,8H,7H2,1H3. The summed E-state index contributed by atoms with van der Waals surface area (Å²) in [6.45, 7) is 2.10. The smallest absolute Gasteiger partial charge is 0.350 e. The van der Waals surface area contributed by atoms with Crippen LogP contribution in [0.5, 0.6) is 0 Å². The van der Waals surface area contributed by atoms with Crippen LogP contribution in [0.1, 0.15) is 20.9 Å². The zero-order valence-electron chi connectivity index (χ0n) is 8.84. The van der Waals surface area contributed by atoms with Crippen LogP contribution in [-0.4, -0.2) is 11.0 Å².